The zero-order valence-electron chi connectivity index (χ0n) is 7.01. The van der Waals surface area contributed by atoms with Crippen molar-refractivity contribution in [3.8, 4) is 0 Å². The molecule has 0 heteroatoms. The van der Waals surface area contributed by atoms with Crippen molar-refractivity contribution in [3.63, 3.8) is 0 Å². The fraction of sp³-hybridized carbons (Fsp3) is 0.455. The lowest BCUT2D eigenvalue weighted by atomic mass is 9.93. The Hall–Kier alpha value is -0.780. The van der Waals surface area contributed by atoms with Crippen LogP contribution in [-0.2, 0) is 0 Å². The summed E-state index contributed by atoms with van der Waals surface area (Å²) in [4.78, 5) is 0. The highest BCUT2D eigenvalue weighted by atomic mass is 14.4. The summed E-state index contributed by atoms with van der Waals surface area (Å²) in [5, 5.41) is 0. The summed E-state index contributed by atoms with van der Waals surface area (Å²) in [6, 6.07) is 0. The Labute approximate surface area is 68.3 Å². The minimum atomic E-state index is 0.623. The molecule has 0 saturated heterocycles. The maximum atomic E-state index is 4.07. The standard InChI is InChI=1S/C11H14/c1-4-9-10-5-6-11(9)8(3)7(10)2/h5-6,9-11H,2-4H2,1H3. The summed E-state index contributed by atoms with van der Waals surface area (Å²) < 4.78 is 0. The van der Waals surface area contributed by atoms with Gasteiger partial charge >= 0.3 is 0 Å². The second-order valence-corrected chi connectivity index (χ2v) is 3.56. The third kappa shape index (κ3) is 0.699. The van der Waals surface area contributed by atoms with Gasteiger partial charge in [-0.05, 0) is 17.1 Å². The molecule has 0 amide bonds. The highest BCUT2D eigenvalue weighted by Crippen LogP contribution is 2.51. The van der Waals surface area contributed by atoms with Crippen LogP contribution in [0.25, 0.3) is 0 Å². The van der Waals surface area contributed by atoms with E-state index in [2.05, 4.69) is 32.2 Å². The highest BCUT2D eigenvalue weighted by Gasteiger charge is 2.41. The third-order valence-electron chi connectivity index (χ3n) is 3.14. The van der Waals surface area contributed by atoms with Crippen LogP contribution in [0.5, 0.6) is 0 Å². The van der Waals surface area contributed by atoms with E-state index in [9.17, 15) is 0 Å². The van der Waals surface area contributed by atoms with E-state index in [-0.39, 0.29) is 0 Å². The molecule has 2 rings (SSSR count). The summed E-state index contributed by atoms with van der Waals surface area (Å²) in [6.45, 7) is 10.4. The van der Waals surface area contributed by atoms with Crippen LogP contribution >= 0.6 is 0 Å². The van der Waals surface area contributed by atoms with Crippen LogP contribution in [0, 0.1) is 17.8 Å². The van der Waals surface area contributed by atoms with Gasteiger partial charge in [0.25, 0.3) is 0 Å². The normalized spacial score (nSPS) is 40.6. The summed E-state index contributed by atoms with van der Waals surface area (Å²) in [5.74, 6) is 2.03. The molecule has 0 spiro atoms. The second-order valence-electron chi connectivity index (χ2n) is 3.56. The Morgan fingerprint density at radius 2 is 1.64 bits per heavy atom. The van der Waals surface area contributed by atoms with Crippen LogP contribution in [0.4, 0.5) is 0 Å². The van der Waals surface area contributed by atoms with Gasteiger partial charge in [-0.1, -0.05) is 38.7 Å². The lowest BCUT2D eigenvalue weighted by Crippen LogP contribution is -2.04. The third-order valence-corrected chi connectivity index (χ3v) is 3.14. The van der Waals surface area contributed by atoms with Gasteiger partial charge in [-0.2, -0.15) is 0 Å². The van der Waals surface area contributed by atoms with Crippen molar-refractivity contribution in [2.75, 3.05) is 0 Å². The summed E-state index contributed by atoms with van der Waals surface area (Å²) in [7, 11) is 0. The van der Waals surface area contributed by atoms with Gasteiger partial charge in [-0.25, -0.2) is 0 Å². The first-order valence-electron chi connectivity index (χ1n) is 4.32. The molecule has 0 N–H and O–H groups in total. The molecule has 0 radical (unpaired) electrons. The summed E-state index contributed by atoms with van der Waals surface area (Å²) >= 11 is 0. The second kappa shape index (κ2) is 2.10. The van der Waals surface area contributed by atoms with Crippen LogP contribution in [0.3, 0.4) is 0 Å². The topological polar surface area (TPSA) is 0 Å². The number of allylic oxidation sites excluding steroid dienone is 4. The van der Waals surface area contributed by atoms with E-state index in [4.69, 9.17) is 0 Å². The average molecular weight is 146 g/mol. The van der Waals surface area contributed by atoms with Gasteiger partial charge in [0.1, 0.15) is 0 Å². The smallest absolute Gasteiger partial charge is 0.00520 e. The average Bonchev–Trinajstić information content (AvgIpc) is 2.50. The van der Waals surface area contributed by atoms with Gasteiger partial charge in [-0.3, -0.25) is 0 Å². The SMILES string of the molecule is C=C1C(=C)C2C=CC1C2CC. The minimum absolute atomic E-state index is 0.623. The first kappa shape index (κ1) is 6.90. The van der Waals surface area contributed by atoms with Gasteiger partial charge in [0.15, 0.2) is 0 Å². The van der Waals surface area contributed by atoms with E-state index in [0.717, 1.165) is 5.92 Å². The lowest BCUT2D eigenvalue weighted by molar-refractivity contribution is 0.442. The van der Waals surface area contributed by atoms with Crippen molar-refractivity contribution < 1.29 is 0 Å². The Kier molecular flexibility index (Phi) is 1.32. The van der Waals surface area contributed by atoms with E-state index in [1.54, 1.807) is 0 Å². The monoisotopic (exact) mass is 146 g/mol. The van der Waals surface area contributed by atoms with Crippen molar-refractivity contribution in [1.29, 1.82) is 0 Å². The zero-order chi connectivity index (χ0) is 8.01. The molecule has 0 heterocycles. The summed E-state index contributed by atoms with van der Waals surface area (Å²) in [6.07, 6.45) is 5.85. The molecule has 2 aliphatic carbocycles. The molecule has 2 aliphatic rings. The molecule has 2 bridgehead atoms. The molecule has 0 aromatic heterocycles. The number of fused-ring (bicyclic) bond motifs is 2. The fourth-order valence-electron chi connectivity index (χ4n) is 2.43. The molecular weight excluding hydrogens is 132 g/mol. The number of hydrogen-bond acceptors (Lipinski definition) is 0. The van der Waals surface area contributed by atoms with Crippen molar-refractivity contribution in [2.45, 2.75) is 13.3 Å². The van der Waals surface area contributed by atoms with Gasteiger partial charge in [-0.15, -0.1) is 0 Å². The predicted octanol–water partition coefficient (Wildman–Crippen LogP) is 2.94. The molecule has 11 heavy (non-hydrogen) atoms. The molecule has 2 unspecified atom stereocenters. The quantitative estimate of drug-likeness (QED) is 0.499. The van der Waals surface area contributed by atoms with Crippen LogP contribution in [0.1, 0.15) is 13.3 Å². The van der Waals surface area contributed by atoms with Crippen LogP contribution in [-0.4, -0.2) is 0 Å². The van der Waals surface area contributed by atoms with E-state index in [0.29, 0.717) is 11.8 Å². The van der Waals surface area contributed by atoms with Crippen LogP contribution in [0.15, 0.2) is 36.5 Å². The molecule has 58 valence electrons. The van der Waals surface area contributed by atoms with E-state index in [1.165, 1.54) is 17.6 Å². The molecule has 1 fully saturated rings. The van der Waals surface area contributed by atoms with Crippen molar-refractivity contribution >= 4 is 0 Å². The van der Waals surface area contributed by atoms with Crippen molar-refractivity contribution in [2.24, 2.45) is 17.8 Å². The first-order valence-corrected chi connectivity index (χ1v) is 4.32. The molecule has 1 saturated carbocycles. The van der Waals surface area contributed by atoms with Crippen molar-refractivity contribution in [3.05, 3.63) is 36.5 Å². The van der Waals surface area contributed by atoms with Crippen molar-refractivity contribution in [1.82, 2.24) is 0 Å². The van der Waals surface area contributed by atoms with E-state index in [1.807, 2.05) is 0 Å². The Balaban J connectivity index is 2.37. The molecule has 0 aliphatic heterocycles. The molecule has 0 aromatic rings. The highest BCUT2D eigenvalue weighted by molar-refractivity contribution is 5.46. The number of rotatable bonds is 1. The van der Waals surface area contributed by atoms with Crippen LogP contribution in [0.2, 0.25) is 0 Å². The molecule has 0 aromatic carbocycles. The summed E-state index contributed by atoms with van der Waals surface area (Å²) in [5.41, 5.74) is 2.56. The number of hydrogen-bond donors (Lipinski definition) is 0. The van der Waals surface area contributed by atoms with Gasteiger partial charge in [0, 0.05) is 11.8 Å². The Bertz CT molecular complexity index is 221. The minimum Gasteiger partial charge on any atom is -0.0949 e. The molecule has 0 nitrogen and oxygen atoms in total. The zero-order valence-corrected chi connectivity index (χ0v) is 7.01. The maximum Gasteiger partial charge on any atom is 0.00520 e. The fourth-order valence-corrected chi connectivity index (χ4v) is 2.43. The molecular formula is C11H14. The largest absolute Gasteiger partial charge is 0.0949 e. The van der Waals surface area contributed by atoms with Gasteiger partial charge < -0.3 is 0 Å². The molecule has 2 atom stereocenters. The predicted molar refractivity (Wildman–Crippen MR) is 48.2 cm³/mol. The van der Waals surface area contributed by atoms with E-state index >= 15 is 0 Å². The van der Waals surface area contributed by atoms with E-state index < -0.39 is 0 Å². The lowest BCUT2D eigenvalue weighted by Gasteiger charge is -2.10. The van der Waals surface area contributed by atoms with Gasteiger partial charge in [0.2, 0.25) is 0 Å². The van der Waals surface area contributed by atoms with Gasteiger partial charge in [0.05, 0.1) is 0 Å². The Morgan fingerprint density at radius 3 is 1.91 bits per heavy atom. The maximum absolute atomic E-state index is 4.07. The Morgan fingerprint density at radius 1 is 1.18 bits per heavy atom. The first-order chi connectivity index (χ1) is 5.25. The van der Waals surface area contributed by atoms with Crippen LogP contribution < -0.4 is 0 Å².